The summed E-state index contributed by atoms with van der Waals surface area (Å²) in [5.41, 5.74) is -0.149. The lowest BCUT2D eigenvalue weighted by atomic mass is 10.7. The number of nitrogens with zero attached hydrogens (tertiary/aromatic N) is 2. The largest absolute Gasteiger partial charge is 0.343 e. The molecule has 0 saturated heterocycles. The monoisotopic (exact) mass is 159 g/mol. The molecule has 0 aliphatic carbocycles. The standard InChI is InChI=1S/C5H9N3OS/c1-8-4(3-10-2)6-7-5(8)9/h3H2,1-2H3,(H,7,9). The molecule has 0 spiro atoms. The van der Waals surface area contributed by atoms with Crippen molar-refractivity contribution < 1.29 is 0 Å². The van der Waals surface area contributed by atoms with Crippen LogP contribution in [0, 0.1) is 0 Å². The molecule has 0 radical (unpaired) electrons. The Morgan fingerprint density at radius 2 is 2.50 bits per heavy atom. The minimum Gasteiger partial charge on any atom is -0.282 e. The first-order chi connectivity index (χ1) is 4.75. The predicted molar refractivity (Wildman–Crippen MR) is 41.0 cm³/mol. The highest BCUT2D eigenvalue weighted by Crippen LogP contribution is 2.01. The second-order valence-corrected chi connectivity index (χ2v) is 2.80. The van der Waals surface area contributed by atoms with E-state index in [1.807, 2.05) is 6.26 Å². The molecule has 56 valence electrons. The summed E-state index contributed by atoms with van der Waals surface area (Å²) in [4.78, 5) is 10.8. The highest BCUT2D eigenvalue weighted by molar-refractivity contribution is 7.97. The fourth-order valence-electron chi connectivity index (χ4n) is 0.638. The number of hydrogen-bond donors (Lipinski definition) is 1. The number of thioether (sulfide) groups is 1. The van der Waals surface area contributed by atoms with Crippen LogP contribution in [0.15, 0.2) is 4.79 Å². The van der Waals surface area contributed by atoms with Crippen LogP contribution in [0.25, 0.3) is 0 Å². The molecule has 0 saturated carbocycles. The van der Waals surface area contributed by atoms with E-state index in [2.05, 4.69) is 10.2 Å². The number of H-pyrrole nitrogens is 1. The number of rotatable bonds is 2. The van der Waals surface area contributed by atoms with Crippen molar-refractivity contribution in [3.63, 3.8) is 0 Å². The van der Waals surface area contributed by atoms with E-state index in [1.165, 1.54) is 4.57 Å². The smallest absolute Gasteiger partial charge is 0.282 e. The molecule has 0 bridgehead atoms. The summed E-state index contributed by atoms with van der Waals surface area (Å²) < 4.78 is 1.51. The van der Waals surface area contributed by atoms with Gasteiger partial charge in [0.05, 0.1) is 5.75 Å². The maximum atomic E-state index is 10.8. The van der Waals surface area contributed by atoms with E-state index in [1.54, 1.807) is 18.8 Å². The van der Waals surface area contributed by atoms with Gasteiger partial charge in [-0.3, -0.25) is 4.57 Å². The first-order valence-corrected chi connectivity index (χ1v) is 4.24. The summed E-state index contributed by atoms with van der Waals surface area (Å²) in [6.45, 7) is 0. The van der Waals surface area contributed by atoms with Crippen molar-refractivity contribution in [1.29, 1.82) is 0 Å². The Kier molecular flexibility index (Phi) is 2.16. The van der Waals surface area contributed by atoms with Gasteiger partial charge < -0.3 is 0 Å². The topological polar surface area (TPSA) is 50.7 Å². The Morgan fingerprint density at radius 1 is 1.80 bits per heavy atom. The van der Waals surface area contributed by atoms with E-state index >= 15 is 0 Å². The second-order valence-electron chi connectivity index (χ2n) is 1.94. The maximum absolute atomic E-state index is 10.8. The van der Waals surface area contributed by atoms with Crippen LogP contribution in [0.2, 0.25) is 0 Å². The van der Waals surface area contributed by atoms with E-state index in [-0.39, 0.29) is 5.69 Å². The molecular weight excluding hydrogens is 150 g/mol. The predicted octanol–water partition coefficient (Wildman–Crippen LogP) is -0.0286. The third-order valence-corrected chi connectivity index (χ3v) is 1.79. The van der Waals surface area contributed by atoms with Gasteiger partial charge in [-0.2, -0.15) is 16.9 Å². The molecule has 4 nitrogen and oxygen atoms in total. The number of nitrogens with one attached hydrogen (secondary N) is 1. The molecule has 0 fully saturated rings. The summed E-state index contributed by atoms with van der Waals surface area (Å²) >= 11 is 1.64. The van der Waals surface area contributed by atoms with Gasteiger partial charge in [0.15, 0.2) is 0 Å². The van der Waals surface area contributed by atoms with Crippen LogP contribution in [-0.4, -0.2) is 21.0 Å². The number of aromatic nitrogens is 3. The van der Waals surface area contributed by atoms with E-state index in [4.69, 9.17) is 0 Å². The Balaban J connectivity index is 2.94. The average molecular weight is 159 g/mol. The Bertz CT molecular complexity index is 264. The molecule has 1 rings (SSSR count). The van der Waals surface area contributed by atoms with Crippen molar-refractivity contribution in [2.45, 2.75) is 5.75 Å². The molecule has 0 atom stereocenters. The zero-order valence-electron chi connectivity index (χ0n) is 5.92. The van der Waals surface area contributed by atoms with Gasteiger partial charge in [0.1, 0.15) is 5.82 Å². The zero-order chi connectivity index (χ0) is 7.56. The Morgan fingerprint density at radius 3 is 2.90 bits per heavy atom. The highest BCUT2D eigenvalue weighted by Gasteiger charge is 2.00. The number of hydrogen-bond acceptors (Lipinski definition) is 3. The van der Waals surface area contributed by atoms with Crippen molar-refractivity contribution in [2.24, 2.45) is 7.05 Å². The fraction of sp³-hybridized carbons (Fsp3) is 0.600. The van der Waals surface area contributed by atoms with Crippen molar-refractivity contribution in [3.05, 3.63) is 16.3 Å². The maximum Gasteiger partial charge on any atom is 0.343 e. The van der Waals surface area contributed by atoms with E-state index in [0.29, 0.717) is 0 Å². The van der Waals surface area contributed by atoms with E-state index in [9.17, 15) is 4.79 Å². The fourth-order valence-corrected chi connectivity index (χ4v) is 1.15. The zero-order valence-corrected chi connectivity index (χ0v) is 6.73. The van der Waals surface area contributed by atoms with Crippen LogP contribution >= 0.6 is 11.8 Å². The molecule has 10 heavy (non-hydrogen) atoms. The molecule has 1 aromatic rings. The van der Waals surface area contributed by atoms with Crippen LogP contribution in [0.3, 0.4) is 0 Å². The summed E-state index contributed by atoms with van der Waals surface area (Å²) in [5.74, 6) is 1.56. The first-order valence-electron chi connectivity index (χ1n) is 2.85. The van der Waals surface area contributed by atoms with Crippen LogP contribution in [0.5, 0.6) is 0 Å². The van der Waals surface area contributed by atoms with E-state index in [0.717, 1.165) is 11.6 Å². The molecule has 0 aliphatic rings. The van der Waals surface area contributed by atoms with Gasteiger partial charge in [-0.15, -0.1) is 0 Å². The Hall–Kier alpha value is -0.710. The van der Waals surface area contributed by atoms with Crippen molar-refractivity contribution in [2.75, 3.05) is 6.26 Å². The van der Waals surface area contributed by atoms with Gasteiger partial charge in [0.2, 0.25) is 0 Å². The number of aromatic amines is 1. The van der Waals surface area contributed by atoms with Gasteiger partial charge in [0.25, 0.3) is 0 Å². The second kappa shape index (κ2) is 2.92. The van der Waals surface area contributed by atoms with Crippen LogP contribution in [-0.2, 0) is 12.8 Å². The molecule has 1 aromatic heterocycles. The molecule has 0 unspecified atom stereocenters. The lowest BCUT2D eigenvalue weighted by Gasteiger charge is -1.93. The van der Waals surface area contributed by atoms with Crippen molar-refractivity contribution in [3.8, 4) is 0 Å². The van der Waals surface area contributed by atoms with Crippen LogP contribution < -0.4 is 5.69 Å². The van der Waals surface area contributed by atoms with Crippen molar-refractivity contribution in [1.82, 2.24) is 14.8 Å². The summed E-state index contributed by atoms with van der Waals surface area (Å²) in [7, 11) is 1.71. The van der Waals surface area contributed by atoms with Gasteiger partial charge in [-0.25, -0.2) is 9.89 Å². The molecular formula is C5H9N3OS. The lowest BCUT2D eigenvalue weighted by Crippen LogP contribution is -2.13. The Labute approximate surface area is 62.6 Å². The van der Waals surface area contributed by atoms with Gasteiger partial charge >= 0.3 is 5.69 Å². The van der Waals surface area contributed by atoms with Crippen LogP contribution in [0.1, 0.15) is 5.82 Å². The average Bonchev–Trinajstić information content (AvgIpc) is 2.20. The van der Waals surface area contributed by atoms with E-state index < -0.39 is 0 Å². The first kappa shape index (κ1) is 7.40. The minimum absolute atomic E-state index is 0.149. The quantitative estimate of drug-likeness (QED) is 0.659. The molecule has 1 N–H and O–H groups in total. The third kappa shape index (κ3) is 1.23. The molecule has 0 aliphatic heterocycles. The SMILES string of the molecule is CSCc1n[nH]c(=O)n1C. The third-order valence-electron chi connectivity index (χ3n) is 1.25. The summed E-state index contributed by atoms with van der Waals surface area (Å²) in [5, 5.41) is 6.18. The summed E-state index contributed by atoms with van der Waals surface area (Å²) in [6, 6.07) is 0. The lowest BCUT2D eigenvalue weighted by molar-refractivity contribution is 0.819. The highest BCUT2D eigenvalue weighted by atomic mass is 32.2. The van der Waals surface area contributed by atoms with Crippen molar-refractivity contribution >= 4 is 11.8 Å². The normalized spacial score (nSPS) is 10.2. The van der Waals surface area contributed by atoms with Gasteiger partial charge in [0, 0.05) is 7.05 Å². The van der Waals surface area contributed by atoms with Gasteiger partial charge in [-0.1, -0.05) is 0 Å². The molecule has 0 aromatic carbocycles. The van der Waals surface area contributed by atoms with Crippen LogP contribution in [0.4, 0.5) is 0 Å². The minimum atomic E-state index is -0.149. The molecule has 5 heteroatoms. The molecule has 0 amide bonds. The molecule has 1 heterocycles. The van der Waals surface area contributed by atoms with Gasteiger partial charge in [-0.05, 0) is 6.26 Å². The summed E-state index contributed by atoms with van der Waals surface area (Å²) in [6.07, 6.45) is 1.97.